The molecule has 1 aliphatic rings. The molecule has 1 aromatic heterocycles. The zero-order chi connectivity index (χ0) is 21.1. The van der Waals surface area contributed by atoms with Gasteiger partial charge in [0.05, 0.1) is 17.9 Å². The Balaban J connectivity index is 1.35. The van der Waals surface area contributed by atoms with E-state index < -0.39 is 0 Å². The van der Waals surface area contributed by atoms with Gasteiger partial charge < -0.3 is 20.2 Å². The minimum Gasteiger partial charge on any atom is -0.506 e. The summed E-state index contributed by atoms with van der Waals surface area (Å²) in [4.78, 5) is 16.6. The minimum absolute atomic E-state index is 0.102. The van der Waals surface area contributed by atoms with Gasteiger partial charge in [0.1, 0.15) is 5.75 Å². The van der Waals surface area contributed by atoms with Gasteiger partial charge >= 0.3 is 6.03 Å². The van der Waals surface area contributed by atoms with Crippen molar-refractivity contribution in [3.63, 3.8) is 0 Å². The van der Waals surface area contributed by atoms with Gasteiger partial charge in [-0.2, -0.15) is 5.10 Å². The molecule has 0 unspecified atom stereocenters. The number of phenols is 1. The van der Waals surface area contributed by atoms with Gasteiger partial charge in [-0.3, -0.25) is 4.68 Å². The van der Waals surface area contributed by atoms with E-state index >= 15 is 0 Å². The van der Waals surface area contributed by atoms with Gasteiger partial charge in [0, 0.05) is 37.6 Å². The zero-order valence-electron chi connectivity index (χ0n) is 17.4. The average molecular weight is 406 g/mol. The van der Waals surface area contributed by atoms with Gasteiger partial charge in [0.2, 0.25) is 0 Å². The van der Waals surface area contributed by atoms with Crippen LogP contribution in [0.1, 0.15) is 17.0 Å². The Morgan fingerprint density at radius 3 is 2.50 bits per heavy atom. The Labute approximate surface area is 176 Å². The van der Waals surface area contributed by atoms with E-state index in [-0.39, 0.29) is 11.8 Å². The Morgan fingerprint density at radius 1 is 1.03 bits per heavy atom. The van der Waals surface area contributed by atoms with Crippen LogP contribution in [0.15, 0.2) is 54.6 Å². The van der Waals surface area contributed by atoms with Gasteiger partial charge in [0.15, 0.2) is 0 Å². The number of rotatable bonds is 4. The number of phenolic OH excluding ortho intramolecular Hbond substituents is 1. The number of aromatic hydroxyl groups is 1. The summed E-state index contributed by atoms with van der Waals surface area (Å²) in [5, 5.41) is 17.6. The number of carbonyl (C=O) groups excluding carboxylic acids is 1. The second-order valence-electron chi connectivity index (χ2n) is 7.68. The Kier molecular flexibility index (Phi) is 5.61. The molecule has 0 bridgehead atoms. The highest BCUT2D eigenvalue weighted by Crippen LogP contribution is 2.27. The third kappa shape index (κ3) is 4.40. The van der Waals surface area contributed by atoms with Crippen molar-refractivity contribution in [3.8, 4) is 5.75 Å². The second kappa shape index (κ2) is 8.49. The number of aryl methyl sites for hydroxylation is 2. The number of urea groups is 1. The molecule has 0 radical (unpaired) electrons. The first-order valence-electron chi connectivity index (χ1n) is 10.2. The van der Waals surface area contributed by atoms with Crippen LogP contribution < -0.4 is 10.2 Å². The molecule has 0 aliphatic carbocycles. The van der Waals surface area contributed by atoms with Crippen molar-refractivity contribution in [3.05, 3.63) is 71.5 Å². The van der Waals surface area contributed by atoms with Gasteiger partial charge in [-0.05, 0) is 49.7 Å². The predicted molar refractivity (Wildman–Crippen MR) is 118 cm³/mol. The lowest BCUT2D eigenvalue weighted by Gasteiger charge is -2.36. The van der Waals surface area contributed by atoms with E-state index in [1.807, 2.05) is 65.9 Å². The van der Waals surface area contributed by atoms with Gasteiger partial charge in [-0.1, -0.05) is 24.3 Å². The summed E-state index contributed by atoms with van der Waals surface area (Å²) in [6.45, 7) is 7.27. The van der Waals surface area contributed by atoms with Crippen LogP contribution in [0.4, 0.5) is 16.2 Å². The number of nitrogens with zero attached hydrogens (tertiary/aromatic N) is 4. The fraction of sp³-hybridized carbons (Fsp3) is 0.304. The average Bonchev–Trinajstić information content (AvgIpc) is 3.05. The second-order valence-corrected chi connectivity index (χ2v) is 7.68. The maximum absolute atomic E-state index is 12.7. The molecule has 2 heterocycles. The standard InChI is InChI=1S/C23H27N5O2/c1-17-14-18(2)28(25-17)16-19-6-5-7-20(15-19)24-23(30)27-12-10-26(11-13-27)21-8-3-4-9-22(21)29/h3-9,14-15,29H,10-13,16H2,1-2H3,(H,24,30). The van der Waals surface area contributed by atoms with Crippen LogP contribution in [0.3, 0.4) is 0 Å². The summed E-state index contributed by atoms with van der Waals surface area (Å²) in [7, 11) is 0. The fourth-order valence-electron chi connectivity index (χ4n) is 3.84. The van der Waals surface area contributed by atoms with Gasteiger partial charge in [-0.25, -0.2) is 4.79 Å². The molecule has 2 N–H and O–H groups in total. The van der Waals surface area contributed by atoms with E-state index in [1.165, 1.54) is 0 Å². The largest absolute Gasteiger partial charge is 0.506 e. The Hall–Kier alpha value is -3.48. The van der Waals surface area contributed by atoms with Crippen LogP contribution in [0, 0.1) is 13.8 Å². The van der Waals surface area contributed by atoms with Crippen molar-refractivity contribution < 1.29 is 9.90 Å². The molecule has 2 aromatic carbocycles. The van der Waals surface area contributed by atoms with Crippen LogP contribution in [0.2, 0.25) is 0 Å². The summed E-state index contributed by atoms with van der Waals surface area (Å²) >= 11 is 0. The molecule has 0 saturated carbocycles. The normalized spacial score (nSPS) is 14.1. The molecule has 30 heavy (non-hydrogen) atoms. The van der Waals surface area contributed by atoms with Crippen LogP contribution in [-0.4, -0.2) is 52.0 Å². The lowest BCUT2D eigenvalue weighted by Crippen LogP contribution is -2.50. The summed E-state index contributed by atoms with van der Waals surface area (Å²) in [5.41, 5.74) is 4.80. The van der Waals surface area contributed by atoms with E-state index in [2.05, 4.69) is 21.4 Å². The number of anilines is 2. The first-order valence-corrected chi connectivity index (χ1v) is 10.2. The quantitative estimate of drug-likeness (QED) is 0.696. The molecule has 1 fully saturated rings. The molecule has 7 heteroatoms. The Morgan fingerprint density at radius 2 is 1.80 bits per heavy atom. The minimum atomic E-state index is -0.102. The van der Waals surface area contributed by atoms with Crippen molar-refractivity contribution >= 4 is 17.4 Å². The molecule has 1 aliphatic heterocycles. The van der Waals surface area contributed by atoms with Crippen molar-refractivity contribution in [2.24, 2.45) is 0 Å². The lowest BCUT2D eigenvalue weighted by molar-refractivity contribution is 0.208. The molecule has 3 aromatic rings. The predicted octanol–water partition coefficient (Wildman–Crippen LogP) is 3.61. The summed E-state index contributed by atoms with van der Waals surface area (Å²) < 4.78 is 1.97. The van der Waals surface area contributed by atoms with Crippen molar-refractivity contribution in [1.29, 1.82) is 0 Å². The third-order valence-electron chi connectivity index (χ3n) is 5.40. The molecule has 1 saturated heterocycles. The summed E-state index contributed by atoms with van der Waals surface area (Å²) in [6.07, 6.45) is 0. The van der Waals surface area contributed by atoms with Gasteiger partial charge in [-0.15, -0.1) is 0 Å². The molecule has 2 amide bonds. The number of hydrogen-bond donors (Lipinski definition) is 2. The highest BCUT2D eigenvalue weighted by atomic mass is 16.3. The molecule has 4 rings (SSSR count). The first kappa shape index (κ1) is 19.8. The van der Waals surface area contributed by atoms with Crippen molar-refractivity contribution in [1.82, 2.24) is 14.7 Å². The van der Waals surface area contributed by atoms with E-state index in [1.54, 1.807) is 6.07 Å². The van der Waals surface area contributed by atoms with Gasteiger partial charge in [0.25, 0.3) is 0 Å². The number of aromatic nitrogens is 2. The van der Waals surface area contributed by atoms with Crippen LogP contribution in [0.5, 0.6) is 5.75 Å². The number of para-hydroxylation sites is 2. The number of piperazine rings is 1. The maximum Gasteiger partial charge on any atom is 0.321 e. The van der Waals surface area contributed by atoms with E-state index in [4.69, 9.17) is 0 Å². The highest BCUT2D eigenvalue weighted by Gasteiger charge is 2.22. The molecular weight excluding hydrogens is 378 g/mol. The van der Waals surface area contributed by atoms with Crippen molar-refractivity contribution in [2.75, 3.05) is 36.4 Å². The Bertz CT molecular complexity index is 1040. The number of amides is 2. The number of benzene rings is 2. The van der Waals surface area contributed by atoms with Crippen LogP contribution in [0.25, 0.3) is 0 Å². The molecule has 0 spiro atoms. The molecule has 156 valence electrons. The number of carbonyl (C=O) groups is 1. The van der Waals surface area contributed by atoms with E-state index in [9.17, 15) is 9.90 Å². The maximum atomic E-state index is 12.7. The van der Waals surface area contributed by atoms with E-state index in [0.717, 1.165) is 28.3 Å². The number of hydrogen-bond acceptors (Lipinski definition) is 4. The van der Waals surface area contributed by atoms with Crippen LogP contribution in [-0.2, 0) is 6.54 Å². The first-order chi connectivity index (χ1) is 14.5. The summed E-state index contributed by atoms with van der Waals surface area (Å²) in [6, 6.07) is 17.2. The van der Waals surface area contributed by atoms with Crippen LogP contribution >= 0.6 is 0 Å². The monoisotopic (exact) mass is 405 g/mol. The molecule has 0 atom stereocenters. The van der Waals surface area contributed by atoms with E-state index in [0.29, 0.717) is 32.7 Å². The SMILES string of the molecule is Cc1cc(C)n(Cc2cccc(NC(=O)N3CCN(c4ccccc4O)CC3)c2)n1. The topological polar surface area (TPSA) is 73.6 Å². The van der Waals surface area contributed by atoms with Crippen molar-refractivity contribution in [2.45, 2.75) is 20.4 Å². The highest BCUT2D eigenvalue weighted by molar-refractivity contribution is 5.89. The summed E-state index contributed by atoms with van der Waals surface area (Å²) in [5.74, 6) is 0.273. The zero-order valence-corrected chi connectivity index (χ0v) is 17.4. The molecular formula is C23H27N5O2. The lowest BCUT2D eigenvalue weighted by atomic mass is 10.2. The number of nitrogens with one attached hydrogen (secondary N) is 1. The third-order valence-corrected chi connectivity index (χ3v) is 5.40. The smallest absolute Gasteiger partial charge is 0.321 e. The molecule has 7 nitrogen and oxygen atoms in total. The fourth-order valence-corrected chi connectivity index (χ4v) is 3.84.